The number of esters is 1. The number of halogens is 2. The second kappa shape index (κ2) is 9.96. The molecule has 2 N–H and O–H groups in total. The number of hydrogen-bond acceptors (Lipinski definition) is 4. The number of hydrazine groups is 1. The van der Waals surface area contributed by atoms with Crippen LogP contribution in [-0.4, -0.2) is 18.5 Å². The highest BCUT2D eigenvalue weighted by Gasteiger charge is 2.07. The zero-order valence-electron chi connectivity index (χ0n) is 15.3. The lowest BCUT2D eigenvalue weighted by atomic mass is 10.1. The van der Waals surface area contributed by atoms with Crippen molar-refractivity contribution in [1.29, 1.82) is 0 Å². The molecule has 3 aromatic rings. The van der Waals surface area contributed by atoms with E-state index in [9.17, 15) is 9.59 Å². The number of benzene rings is 3. The summed E-state index contributed by atoms with van der Waals surface area (Å²) in [6.45, 7) is 0.265. The Labute approximate surface area is 178 Å². The molecule has 5 nitrogen and oxygen atoms in total. The molecule has 0 saturated heterocycles. The van der Waals surface area contributed by atoms with Crippen molar-refractivity contribution in [2.24, 2.45) is 0 Å². The van der Waals surface area contributed by atoms with Gasteiger partial charge in [0, 0.05) is 22.0 Å². The Morgan fingerprint density at radius 1 is 0.759 bits per heavy atom. The van der Waals surface area contributed by atoms with Crippen molar-refractivity contribution >= 4 is 40.8 Å². The summed E-state index contributed by atoms with van der Waals surface area (Å²) in [7, 11) is 0. The van der Waals surface area contributed by atoms with Gasteiger partial charge in [0.05, 0.1) is 17.9 Å². The molecule has 0 unspecified atom stereocenters. The molecule has 0 aromatic heterocycles. The molecular formula is C22H18Cl2N2O3. The van der Waals surface area contributed by atoms with Gasteiger partial charge >= 0.3 is 5.97 Å². The van der Waals surface area contributed by atoms with Gasteiger partial charge in [0.15, 0.2) is 0 Å². The van der Waals surface area contributed by atoms with Gasteiger partial charge in [-0.3, -0.25) is 15.6 Å². The van der Waals surface area contributed by atoms with Crippen LogP contribution >= 0.6 is 23.2 Å². The monoisotopic (exact) mass is 428 g/mol. The molecular weight excluding hydrogens is 411 g/mol. The molecule has 0 saturated carbocycles. The fourth-order valence-corrected chi connectivity index (χ4v) is 2.74. The van der Waals surface area contributed by atoms with Crippen LogP contribution in [0.4, 0.5) is 5.69 Å². The van der Waals surface area contributed by atoms with E-state index in [2.05, 4.69) is 10.9 Å². The topological polar surface area (TPSA) is 67.4 Å². The van der Waals surface area contributed by atoms with E-state index in [1.807, 2.05) is 24.3 Å². The van der Waals surface area contributed by atoms with E-state index in [1.165, 1.54) is 0 Å². The van der Waals surface area contributed by atoms with E-state index >= 15 is 0 Å². The Hall–Kier alpha value is -3.02. The van der Waals surface area contributed by atoms with Crippen LogP contribution < -0.4 is 10.9 Å². The summed E-state index contributed by atoms with van der Waals surface area (Å²) in [5.41, 5.74) is 8.18. The molecule has 0 fully saturated rings. The third-order valence-corrected chi connectivity index (χ3v) is 4.59. The van der Waals surface area contributed by atoms with Crippen LogP contribution in [0.15, 0.2) is 72.8 Å². The Bertz CT molecular complexity index is 972. The maximum atomic E-state index is 12.1. The number of nitrogens with one attached hydrogen (secondary N) is 2. The summed E-state index contributed by atoms with van der Waals surface area (Å²) in [6, 6.07) is 20.6. The number of hydrogen-bond donors (Lipinski definition) is 2. The number of carbonyl (C=O) groups excluding carboxylic acids is 2. The molecule has 29 heavy (non-hydrogen) atoms. The van der Waals surface area contributed by atoms with Gasteiger partial charge in [-0.1, -0.05) is 35.3 Å². The summed E-state index contributed by atoms with van der Waals surface area (Å²) >= 11 is 11.6. The van der Waals surface area contributed by atoms with E-state index in [1.54, 1.807) is 48.5 Å². The lowest BCUT2D eigenvalue weighted by Gasteiger charge is -2.10. The second-order valence-electron chi connectivity index (χ2n) is 6.18. The molecule has 0 aliphatic rings. The van der Waals surface area contributed by atoms with Crippen molar-refractivity contribution in [2.45, 2.75) is 6.42 Å². The zero-order chi connectivity index (χ0) is 20.6. The summed E-state index contributed by atoms with van der Waals surface area (Å²) in [6.07, 6.45) is 0.580. The first-order valence-electron chi connectivity index (χ1n) is 8.85. The van der Waals surface area contributed by atoms with E-state index in [-0.39, 0.29) is 18.5 Å². The standard InChI is InChI=1S/C22H18Cl2N2O3/c23-18-7-3-16(4-8-18)21(27)26-25-20-11-1-15(2-12-20)13-14-29-22(28)17-5-9-19(24)10-6-17/h1-12,25H,13-14H2,(H,26,27). The molecule has 3 rings (SSSR count). The fourth-order valence-electron chi connectivity index (χ4n) is 2.49. The summed E-state index contributed by atoms with van der Waals surface area (Å²) < 4.78 is 5.27. The molecule has 0 heterocycles. The first kappa shape index (κ1) is 20.7. The minimum absolute atomic E-state index is 0.264. The van der Waals surface area contributed by atoms with Crippen molar-refractivity contribution in [2.75, 3.05) is 12.0 Å². The van der Waals surface area contributed by atoms with Crippen molar-refractivity contribution in [3.05, 3.63) is 99.5 Å². The first-order chi connectivity index (χ1) is 14.0. The van der Waals surface area contributed by atoms with Gasteiger partial charge < -0.3 is 4.74 Å². The third-order valence-electron chi connectivity index (χ3n) is 4.08. The lowest BCUT2D eigenvalue weighted by Crippen LogP contribution is -2.29. The predicted octanol–water partition coefficient (Wildman–Crippen LogP) is 5.15. The van der Waals surface area contributed by atoms with Crippen LogP contribution in [0.25, 0.3) is 0 Å². The molecule has 0 aliphatic carbocycles. The summed E-state index contributed by atoms with van der Waals surface area (Å²) in [5.74, 6) is -0.648. The van der Waals surface area contributed by atoms with E-state index in [0.29, 0.717) is 27.6 Å². The first-order valence-corrected chi connectivity index (χ1v) is 9.60. The van der Waals surface area contributed by atoms with Gasteiger partial charge in [-0.25, -0.2) is 4.79 Å². The summed E-state index contributed by atoms with van der Waals surface area (Å²) in [5, 5.41) is 1.14. The summed E-state index contributed by atoms with van der Waals surface area (Å²) in [4.78, 5) is 24.0. The van der Waals surface area contributed by atoms with Gasteiger partial charge in [-0.05, 0) is 66.2 Å². The van der Waals surface area contributed by atoms with Gasteiger partial charge in [-0.15, -0.1) is 0 Å². The molecule has 1 amide bonds. The van der Waals surface area contributed by atoms with Gasteiger partial charge in [0.1, 0.15) is 0 Å². The zero-order valence-corrected chi connectivity index (χ0v) is 16.8. The van der Waals surface area contributed by atoms with Crippen LogP contribution in [0, 0.1) is 0 Å². The molecule has 148 valence electrons. The highest BCUT2D eigenvalue weighted by atomic mass is 35.5. The molecule has 7 heteroatoms. The maximum Gasteiger partial charge on any atom is 0.338 e. The number of carbonyl (C=O) groups is 2. The van der Waals surface area contributed by atoms with E-state index in [4.69, 9.17) is 27.9 Å². The maximum absolute atomic E-state index is 12.1. The number of rotatable bonds is 7. The average Bonchev–Trinajstić information content (AvgIpc) is 2.74. The van der Waals surface area contributed by atoms with Crippen molar-refractivity contribution in [3.8, 4) is 0 Å². The quantitative estimate of drug-likeness (QED) is 0.403. The Kier molecular flexibility index (Phi) is 7.11. The van der Waals surface area contributed by atoms with Crippen molar-refractivity contribution in [1.82, 2.24) is 5.43 Å². The van der Waals surface area contributed by atoms with Crippen LogP contribution in [0.3, 0.4) is 0 Å². The Morgan fingerprint density at radius 3 is 1.90 bits per heavy atom. The van der Waals surface area contributed by atoms with Crippen LogP contribution in [-0.2, 0) is 11.2 Å². The number of amides is 1. The van der Waals surface area contributed by atoms with Crippen LogP contribution in [0.2, 0.25) is 10.0 Å². The highest BCUT2D eigenvalue weighted by Crippen LogP contribution is 2.13. The number of ether oxygens (including phenoxy) is 1. The highest BCUT2D eigenvalue weighted by molar-refractivity contribution is 6.31. The fraction of sp³-hybridized carbons (Fsp3) is 0.0909. The minimum Gasteiger partial charge on any atom is -0.462 e. The predicted molar refractivity (Wildman–Crippen MR) is 114 cm³/mol. The lowest BCUT2D eigenvalue weighted by molar-refractivity contribution is 0.0509. The molecule has 0 spiro atoms. The van der Waals surface area contributed by atoms with Crippen LogP contribution in [0.5, 0.6) is 0 Å². The Balaban J connectivity index is 1.43. The minimum atomic E-state index is -0.384. The smallest absolute Gasteiger partial charge is 0.338 e. The second-order valence-corrected chi connectivity index (χ2v) is 7.05. The van der Waals surface area contributed by atoms with Crippen LogP contribution in [0.1, 0.15) is 26.3 Å². The van der Waals surface area contributed by atoms with Crippen molar-refractivity contribution in [3.63, 3.8) is 0 Å². The normalized spacial score (nSPS) is 10.3. The van der Waals surface area contributed by atoms with E-state index < -0.39 is 0 Å². The molecule has 3 aromatic carbocycles. The van der Waals surface area contributed by atoms with Gasteiger partial charge in [-0.2, -0.15) is 0 Å². The molecule has 0 atom stereocenters. The molecule has 0 bridgehead atoms. The third kappa shape index (κ3) is 6.24. The number of anilines is 1. The van der Waals surface area contributed by atoms with E-state index in [0.717, 1.165) is 11.3 Å². The van der Waals surface area contributed by atoms with Gasteiger partial charge in [0.25, 0.3) is 5.91 Å². The molecule has 0 aliphatic heterocycles. The molecule has 0 radical (unpaired) electrons. The SMILES string of the molecule is O=C(NNc1ccc(CCOC(=O)c2ccc(Cl)cc2)cc1)c1ccc(Cl)cc1. The largest absolute Gasteiger partial charge is 0.462 e. The van der Waals surface area contributed by atoms with Gasteiger partial charge in [0.2, 0.25) is 0 Å². The average molecular weight is 429 g/mol. The van der Waals surface area contributed by atoms with Crippen molar-refractivity contribution < 1.29 is 14.3 Å². The Morgan fingerprint density at radius 2 is 1.31 bits per heavy atom.